The fraction of sp³-hybridized carbons (Fsp3) is 0.182. The summed E-state index contributed by atoms with van der Waals surface area (Å²) in [7, 11) is 0. The Morgan fingerprint density at radius 1 is 0.528 bits per heavy atom. The van der Waals surface area contributed by atoms with Crippen LogP contribution in [0.3, 0.4) is 0 Å². The first-order chi connectivity index (χ1) is 39.5. The van der Waals surface area contributed by atoms with E-state index >= 15 is 0 Å². The zero-order valence-corrected chi connectivity index (χ0v) is 43.8. The smallest absolute Gasteiger partial charge is 0.135 e. The van der Waals surface area contributed by atoms with Crippen molar-refractivity contribution in [3.05, 3.63) is 223 Å². The van der Waals surface area contributed by atoms with E-state index < -0.39 is 47.1 Å². The van der Waals surface area contributed by atoms with Gasteiger partial charge in [0.2, 0.25) is 0 Å². The van der Waals surface area contributed by atoms with Gasteiger partial charge in [-0.1, -0.05) is 177 Å². The molecule has 11 rings (SSSR count). The average Bonchev–Trinajstić information content (AvgIpc) is 1.73. The van der Waals surface area contributed by atoms with Gasteiger partial charge in [-0.25, -0.2) is 4.98 Å². The van der Waals surface area contributed by atoms with Crippen LogP contribution >= 0.6 is 0 Å². The monoisotopic (exact) mass is 1130 g/mol. The molecule has 0 saturated carbocycles. The maximum absolute atomic E-state index is 9.55. The molecule has 0 N–H and O–H groups in total. The van der Waals surface area contributed by atoms with Crippen LogP contribution < -0.4 is 14.5 Å². The quantitative estimate of drug-likeness (QED) is 0.142. The molecule has 0 radical (unpaired) electrons. The van der Waals surface area contributed by atoms with Gasteiger partial charge in [0.15, 0.2) is 0 Å². The first kappa shape index (κ1) is 35.0. The van der Waals surface area contributed by atoms with Crippen LogP contribution in [0.1, 0.15) is 96.8 Å². The Balaban J connectivity index is 0.00000803. The van der Waals surface area contributed by atoms with Crippen LogP contribution in [0.15, 0.2) is 188 Å². The second kappa shape index (κ2) is 18.8. The molecule has 3 heterocycles. The largest absolute Gasteiger partial charge is 0.509 e. The molecule has 1 aliphatic rings. The molecule has 10 aromatic rings. The van der Waals surface area contributed by atoms with E-state index in [1.807, 2.05) is 91.8 Å². The number of para-hydroxylation sites is 2. The van der Waals surface area contributed by atoms with Gasteiger partial charge in [0, 0.05) is 72.4 Å². The molecular weight excluding hydrogens is 1060 g/mol. The first-order valence-corrected chi connectivity index (χ1v) is 23.6. The minimum atomic E-state index is -0.721. The maximum atomic E-state index is 9.55. The molecule has 0 atom stereocenters. The molecule has 0 amide bonds. The molecule has 362 valence electrons. The third kappa shape index (κ3) is 9.16. The van der Waals surface area contributed by atoms with Gasteiger partial charge in [-0.05, 0) is 103 Å². The number of rotatable bonds is 8. The summed E-state index contributed by atoms with van der Waals surface area (Å²) in [4.78, 5) is 8.51. The van der Waals surface area contributed by atoms with Crippen LogP contribution in [0.5, 0.6) is 11.5 Å². The number of hydrogen-bond donors (Lipinski definition) is 0. The summed E-state index contributed by atoms with van der Waals surface area (Å²) in [6.45, 7) is 20.3. The van der Waals surface area contributed by atoms with Crippen molar-refractivity contribution in [3.63, 3.8) is 0 Å². The molecule has 0 aliphatic carbocycles. The maximum Gasteiger partial charge on any atom is 0.135 e. The van der Waals surface area contributed by atoms with Gasteiger partial charge in [-0.2, -0.15) is 12.1 Å². The molecule has 0 spiro atoms. The summed E-state index contributed by atoms with van der Waals surface area (Å²) in [5.41, 5.74) is 7.09. The number of anilines is 4. The number of hydrogen-bond acceptors (Lipinski definition) is 4. The van der Waals surface area contributed by atoms with Crippen molar-refractivity contribution < 1.29 is 43.6 Å². The van der Waals surface area contributed by atoms with Gasteiger partial charge in [-0.3, -0.25) is 0 Å². The topological polar surface area (TPSA) is 33.5 Å². The van der Waals surface area contributed by atoms with E-state index in [-0.39, 0.29) is 91.6 Å². The fourth-order valence-electron chi connectivity index (χ4n) is 9.05. The van der Waals surface area contributed by atoms with Gasteiger partial charge in [-0.15, -0.1) is 48.1 Å². The van der Waals surface area contributed by atoms with Crippen LogP contribution in [0.25, 0.3) is 61.0 Å². The zero-order chi connectivity index (χ0) is 60.5. The van der Waals surface area contributed by atoms with Crippen molar-refractivity contribution in [1.29, 1.82) is 0 Å². The van der Waals surface area contributed by atoms with E-state index in [4.69, 9.17) is 18.4 Å². The summed E-state index contributed by atoms with van der Waals surface area (Å²) in [5.74, 6) is 0.612. The summed E-state index contributed by atoms with van der Waals surface area (Å²) < 4.78 is 123. The second-order valence-corrected chi connectivity index (χ2v) is 20.9. The molecular formula is C66H59N4OPt-3. The van der Waals surface area contributed by atoms with Crippen LogP contribution in [0, 0.1) is 18.8 Å². The molecule has 0 bridgehead atoms. The number of aromatic nitrogens is 2. The van der Waals surface area contributed by atoms with Crippen molar-refractivity contribution in [2.24, 2.45) is 0 Å². The molecule has 0 saturated heterocycles. The van der Waals surface area contributed by atoms with E-state index in [1.54, 1.807) is 41.0 Å². The molecule has 72 heavy (non-hydrogen) atoms. The van der Waals surface area contributed by atoms with E-state index in [0.717, 1.165) is 33.6 Å². The Morgan fingerprint density at radius 2 is 1.17 bits per heavy atom. The van der Waals surface area contributed by atoms with E-state index in [1.165, 1.54) is 0 Å². The number of pyridine rings is 1. The fourth-order valence-corrected chi connectivity index (χ4v) is 9.05. The SMILES string of the molecule is [2H]c1nc(-n2c3[c-]c(Oc4[c-]c(N5[CH-]N(c6c(-c7cccc(C(C)(C)C)c7)cc(C(C)(C)C)cc6-c6c([2H])c([2H])c([2H])c([2H])c6[2H])c6ccccc65)ccc4)ccc3c3cc(-c4c([2H])c([2H])c([2H])c([2H])c4[2H])ccc32)c([2H])c(C(C)(C)C)c1[2H].[Pt]. The molecule has 8 aromatic carbocycles. The first-order valence-electron chi connectivity index (χ1n) is 30.1. The van der Waals surface area contributed by atoms with Gasteiger partial charge < -0.3 is 19.1 Å². The van der Waals surface area contributed by atoms with Crippen LogP contribution in [-0.2, 0) is 37.3 Å². The Bertz CT molecular complexity index is 4350. The molecule has 0 unspecified atom stereocenters. The zero-order valence-electron chi connectivity index (χ0n) is 54.5. The third-order valence-corrected chi connectivity index (χ3v) is 12.9. The van der Waals surface area contributed by atoms with Gasteiger partial charge in [0.1, 0.15) is 5.82 Å². The van der Waals surface area contributed by atoms with Crippen molar-refractivity contribution in [1.82, 2.24) is 9.55 Å². The predicted molar refractivity (Wildman–Crippen MR) is 297 cm³/mol. The Kier molecular flexibility index (Phi) is 9.12. The minimum Gasteiger partial charge on any atom is -0.509 e. The van der Waals surface area contributed by atoms with Crippen molar-refractivity contribution in [3.8, 4) is 50.7 Å². The normalized spacial score (nSPS) is 15.4. The number of nitrogens with zero attached hydrogens (tertiary/aromatic N) is 4. The van der Waals surface area contributed by atoms with E-state index in [0.29, 0.717) is 55.6 Å². The van der Waals surface area contributed by atoms with Crippen LogP contribution in [0.2, 0.25) is 0 Å². The predicted octanol–water partition coefficient (Wildman–Crippen LogP) is 17.9. The molecule has 6 heteroatoms. The van der Waals surface area contributed by atoms with Crippen LogP contribution in [0.4, 0.5) is 22.7 Å². The Hall–Kier alpha value is -7.20. The van der Waals surface area contributed by atoms with Crippen molar-refractivity contribution >= 4 is 44.6 Å². The number of ether oxygens (including phenoxy) is 1. The van der Waals surface area contributed by atoms with E-state index in [2.05, 4.69) is 76.9 Å². The van der Waals surface area contributed by atoms with Gasteiger partial charge >= 0.3 is 0 Å². The summed E-state index contributed by atoms with van der Waals surface area (Å²) in [6, 6.07) is 36.8. The van der Waals surface area contributed by atoms with Crippen LogP contribution in [-0.4, -0.2) is 9.55 Å². The third-order valence-electron chi connectivity index (χ3n) is 12.9. The number of benzene rings is 8. The molecule has 0 fully saturated rings. The van der Waals surface area contributed by atoms with Crippen molar-refractivity contribution in [2.45, 2.75) is 78.6 Å². The minimum absolute atomic E-state index is 0. The van der Waals surface area contributed by atoms with E-state index in [9.17, 15) is 4.11 Å². The number of fused-ring (bicyclic) bond motifs is 4. The summed E-state index contributed by atoms with van der Waals surface area (Å²) >= 11 is 0. The van der Waals surface area contributed by atoms with Gasteiger partial charge in [0.05, 0.1) is 17.8 Å². The Morgan fingerprint density at radius 3 is 1.86 bits per heavy atom. The average molecular weight is 1130 g/mol. The summed E-state index contributed by atoms with van der Waals surface area (Å²) in [6.07, 6.45) is -0.326. The molecule has 5 nitrogen and oxygen atoms in total. The van der Waals surface area contributed by atoms with Crippen molar-refractivity contribution in [2.75, 3.05) is 9.80 Å². The standard InChI is InChI=1S/C66H59N4O.Pt/c1-64(2,3)48-25-18-24-47(36-48)56-39-50(66(7,8)9)38-55(45-22-14-11-15-23-45)63(56)69-43-68(59-28-16-17-29-60(59)69)51-26-19-27-52(41-51)71-53-31-32-54-57-37-46(44-20-12-10-13-21-44)30-33-58(57)70(61(54)42-53)62-40-49(34-35-67-62)65(4,5)6;/h10-40,43H,1-9H3;/q-3;/i10D,11D,12D,13D,14D,15D,20D,21D,22D,23D,34D,35D,40D;. The van der Waals surface area contributed by atoms with Gasteiger partial charge in [0.25, 0.3) is 0 Å². The molecule has 1 aliphatic heterocycles. The Labute approximate surface area is 458 Å². The summed E-state index contributed by atoms with van der Waals surface area (Å²) in [5, 5.41) is 1.17. The molecule has 2 aromatic heterocycles. The second-order valence-electron chi connectivity index (χ2n) is 20.9.